The molecule has 138 valence electrons. The van der Waals surface area contributed by atoms with Crippen molar-refractivity contribution in [3.8, 4) is 6.07 Å². The van der Waals surface area contributed by atoms with Gasteiger partial charge in [-0.2, -0.15) is 5.26 Å². The summed E-state index contributed by atoms with van der Waals surface area (Å²) in [6.45, 7) is 2.25. The number of thiophene rings is 1. The SMILES string of the molecule is CCCCCCCCCCCC(=O)Nc1sc2c(c1C#N)CCCC2. The van der Waals surface area contributed by atoms with Gasteiger partial charge in [-0.25, -0.2) is 0 Å². The Morgan fingerprint density at radius 2 is 1.68 bits per heavy atom. The maximum atomic E-state index is 12.2. The predicted molar refractivity (Wildman–Crippen MR) is 106 cm³/mol. The number of aryl methyl sites for hydroxylation is 1. The molecule has 1 N–H and O–H groups in total. The molecule has 1 aromatic rings. The second-order valence-electron chi connectivity index (χ2n) is 7.15. The van der Waals surface area contributed by atoms with E-state index in [1.165, 1.54) is 61.8 Å². The lowest BCUT2D eigenvalue weighted by molar-refractivity contribution is -0.116. The van der Waals surface area contributed by atoms with Gasteiger partial charge in [-0.3, -0.25) is 4.79 Å². The normalized spacial score (nSPS) is 13.3. The van der Waals surface area contributed by atoms with Crippen LogP contribution in [-0.4, -0.2) is 5.91 Å². The summed E-state index contributed by atoms with van der Waals surface area (Å²) in [5.74, 6) is 0.0676. The van der Waals surface area contributed by atoms with Gasteiger partial charge in [0, 0.05) is 11.3 Å². The highest BCUT2D eigenvalue weighted by atomic mass is 32.1. The fraction of sp³-hybridized carbons (Fsp3) is 0.714. The lowest BCUT2D eigenvalue weighted by Crippen LogP contribution is -2.11. The van der Waals surface area contributed by atoms with Gasteiger partial charge < -0.3 is 5.32 Å². The number of amides is 1. The number of carbonyl (C=O) groups is 1. The van der Waals surface area contributed by atoms with Gasteiger partial charge in [-0.1, -0.05) is 58.3 Å². The maximum Gasteiger partial charge on any atom is 0.225 e. The molecule has 1 heterocycles. The minimum atomic E-state index is 0.0676. The van der Waals surface area contributed by atoms with Gasteiger partial charge in [0.25, 0.3) is 0 Å². The van der Waals surface area contributed by atoms with Gasteiger partial charge in [0.05, 0.1) is 5.56 Å². The number of fused-ring (bicyclic) bond motifs is 1. The van der Waals surface area contributed by atoms with Crippen LogP contribution in [0.15, 0.2) is 0 Å². The molecule has 0 spiro atoms. The van der Waals surface area contributed by atoms with E-state index < -0.39 is 0 Å². The Bertz CT molecular complexity index is 585. The highest BCUT2D eigenvalue weighted by molar-refractivity contribution is 7.16. The number of nitrogens with one attached hydrogen (secondary N) is 1. The van der Waals surface area contributed by atoms with E-state index in [0.717, 1.165) is 42.7 Å². The second kappa shape index (κ2) is 11.3. The molecule has 0 bridgehead atoms. The number of carbonyl (C=O) groups excluding carboxylic acids is 1. The summed E-state index contributed by atoms with van der Waals surface area (Å²) in [6, 6.07) is 2.31. The van der Waals surface area contributed by atoms with Crippen LogP contribution in [0.5, 0.6) is 0 Å². The average Bonchev–Trinajstić information content (AvgIpc) is 2.97. The number of rotatable bonds is 11. The van der Waals surface area contributed by atoms with Crippen LogP contribution in [-0.2, 0) is 17.6 Å². The molecule has 1 aromatic heterocycles. The molecule has 1 aliphatic carbocycles. The average molecular weight is 361 g/mol. The molecular formula is C21H32N2OS. The highest BCUT2D eigenvalue weighted by Gasteiger charge is 2.21. The Morgan fingerprint density at radius 1 is 1.04 bits per heavy atom. The van der Waals surface area contributed by atoms with Gasteiger partial charge in [0.1, 0.15) is 11.1 Å². The van der Waals surface area contributed by atoms with Gasteiger partial charge in [0.2, 0.25) is 5.91 Å². The molecule has 0 aromatic carbocycles. The maximum absolute atomic E-state index is 12.2. The zero-order chi connectivity index (χ0) is 17.9. The Morgan fingerprint density at radius 3 is 2.36 bits per heavy atom. The number of unbranched alkanes of at least 4 members (excludes halogenated alkanes) is 8. The molecule has 1 aliphatic rings. The predicted octanol–water partition coefficient (Wildman–Crippen LogP) is 6.36. The lowest BCUT2D eigenvalue weighted by atomic mass is 9.96. The topological polar surface area (TPSA) is 52.9 Å². The number of hydrogen-bond donors (Lipinski definition) is 1. The third-order valence-electron chi connectivity index (χ3n) is 5.04. The van der Waals surface area contributed by atoms with Crippen molar-refractivity contribution >= 4 is 22.2 Å². The van der Waals surface area contributed by atoms with Crippen LogP contribution in [0, 0.1) is 11.3 Å². The van der Waals surface area contributed by atoms with Crippen molar-refractivity contribution in [3.63, 3.8) is 0 Å². The molecule has 4 heteroatoms. The van der Waals surface area contributed by atoms with E-state index >= 15 is 0 Å². The largest absolute Gasteiger partial charge is 0.317 e. The van der Waals surface area contributed by atoms with Crippen LogP contribution >= 0.6 is 11.3 Å². The van der Waals surface area contributed by atoms with Crippen molar-refractivity contribution in [2.75, 3.05) is 5.32 Å². The summed E-state index contributed by atoms with van der Waals surface area (Å²) in [7, 11) is 0. The summed E-state index contributed by atoms with van der Waals surface area (Å²) in [4.78, 5) is 13.5. The van der Waals surface area contributed by atoms with Crippen LogP contribution < -0.4 is 5.32 Å². The quantitative estimate of drug-likeness (QED) is 0.467. The second-order valence-corrected chi connectivity index (χ2v) is 8.26. The molecule has 0 fully saturated rings. The van der Waals surface area contributed by atoms with Crippen LogP contribution in [0.3, 0.4) is 0 Å². The lowest BCUT2D eigenvalue weighted by Gasteiger charge is -2.09. The summed E-state index contributed by atoms with van der Waals surface area (Å²) in [5, 5.41) is 13.2. The van der Waals surface area contributed by atoms with Crippen LogP contribution in [0.2, 0.25) is 0 Å². The summed E-state index contributed by atoms with van der Waals surface area (Å²) < 4.78 is 0. The first-order chi connectivity index (χ1) is 12.3. The molecule has 1 amide bonds. The number of nitrogens with zero attached hydrogens (tertiary/aromatic N) is 1. The minimum Gasteiger partial charge on any atom is -0.317 e. The fourth-order valence-corrected chi connectivity index (χ4v) is 4.81. The Labute approximate surface area is 156 Å². The van der Waals surface area contributed by atoms with Gasteiger partial charge in [-0.15, -0.1) is 11.3 Å². The number of anilines is 1. The molecule has 0 radical (unpaired) electrons. The van der Waals surface area contributed by atoms with Gasteiger partial charge >= 0.3 is 0 Å². The first kappa shape index (κ1) is 20.0. The third kappa shape index (κ3) is 6.47. The molecule has 0 saturated heterocycles. The van der Waals surface area contributed by atoms with E-state index in [9.17, 15) is 10.1 Å². The minimum absolute atomic E-state index is 0.0676. The summed E-state index contributed by atoms with van der Waals surface area (Å²) in [6.07, 6.45) is 16.3. The van der Waals surface area contributed by atoms with E-state index in [1.54, 1.807) is 11.3 Å². The molecule has 0 aliphatic heterocycles. The van der Waals surface area contributed by atoms with Gasteiger partial charge in [0.15, 0.2) is 0 Å². The zero-order valence-electron chi connectivity index (χ0n) is 15.7. The van der Waals surface area contributed by atoms with E-state index in [4.69, 9.17) is 0 Å². The first-order valence-corrected chi connectivity index (χ1v) is 10.9. The zero-order valence-corrected chi connectivity index (χ0v) is 16.5. The highest BCUT2D eigenvalue weighted by Crippen LogP contribution is 2.37. The van der Waals surface area contributed by atoms with Crippen molar-refractivity contribution in [2.45, 2.75) is 96.8 Å². The van der Waals surface area contributed by atoms with E-state index in [1.807, 2.05) is 0 Å². The Balaban J connectivity index is 1.64. The van der Waals surface area contributed by atoms with Gasteiger partial charge in [-0.05, 0) is 37.7 Å². The van der Waals surface area contributed by atoms with E-state index in [-0.39, 0.29) is 5.91 Å². The van der Waals surface area contributed by atoms with Crippen LogP contribution in [0.25, 0.3) is 0 Å². The van der Waals surface area contributed by atoms with Crippen molar-refractivity contribution in [1.29, 1.82) is 5.26 Å². The Kier molecular flexibility index (Phi) is 9.04. The summed E-state index contributed by atoms with van der Waals surface area (Å²) >= 11 is 1.62. The molecule has 0 atom stereocenters. The first-order valence-electron chi connectivity index (χ1n) is 10.1. The monoisotopic (exact) mass is 360 g/mol. The number of nitriles is 1. The fourth-order valence-electron chi connectivity index (χ4n) is 3.56. The molecular weight excluding hydrogens is 328 g/mol. The number of hydrogen-bond acceptors (Lipinski definition) is 3. The molecule has 25 heavy (non-hydrogen) atoms. The van der Waals surface area contributed by atoms with Crippen molar-refractivity contribution in [2.24, 2.45) is 0 Å². The van der Waals surface area contributed by atoms with E-state index in [0.29, 0.717) is 6.42 Å². The van der Waals surface area contributed by atoms with Crippen molar-refractivity contribution < 1.29 is 4.79 Å². The van der Waals surface area contributed by atoms with Crippen LogP contribution in [0.1, 0.15) is 100.0 Å². The third-order valence-corrected chi connectivity index (χ3v) is 6.25. The van der Waals surface area contributed by atoms with E-state index in [2.05, 4.69) is 18.3 Å². The molecule has 0 unspecified atom stereocenters. The smallest absolute Gasteiger partial charge is 0.225 e. The standard InChI is InChI=1S/C21H32N2OS/c1-2-3-4-5-6-7-8-9-10-15-20(24)23-21-18(16-22)17-13-11-12-14-19(17)25-21/h2-15H2,1H3,(H,23,24). The molecule has 0 saturated carbocycles. The van der Waals surface area contributed by atoms with Crippen LogP contribution in [0.4, 0.5) is 5.00 Å². The Hall–Kier alpha value is -1.34. The molecule has 2 rings (SSSR count). The van der Waals surface area contributed by atoms with Crippen molar-refractivity contribution in [3.05, 3.63) is 16.0 Å². The summed E-state index contributed by atoms with van der Waals surface area (Å²) in [5.41, 5.74) is 1.91. The molecule has 3 nitrogen and oxygen atoms in total. The van der Waals surface area contributed by atoms with Crippen molar-refractivity contribution in [1.82, 2.24) is 0 Å².